The number of piperidine rings is 1. The molecule has 0 aromatic heterocycles. The van der Waals surface area contributed by atoms with Crippen molar-refractivity contribution in [1.82, 2.24) is 5.32 Å². The normalized spacial score (nSPS) is 24.3. The third-order valence-corrected chi connectivity index (χ3v) is 4.52. The highest BCUT2D eigenvalue weighted by Gasteiger charge is 2.37. The molecule has 2 nitrogen and oxygen atoms in total. The Kier molecular flexibility index (Phi) is 2.93. The van der Waals surface area contributed by atoms with Crippen LogP contribution in [0, 0.1) is 0 Å². The third-order valence-electron chi connectivity index (χ3n) is 4.52. The first kappa shape index (κ1) is 11.2. The lowest BCUT2D eigenvalue weighted by molar-refractivity contribution is 0.249. The van der Waals surface area contributed by atoms with Crippen LogP contribution in [-0.4, -0.2) is 13.1 Å². The van der Waals surface area contributed by atoms with Crippen molar-refractivity contribution in [2.45, 2.75) is 43.6 Å². The Morgan fingerprint density at radius 2 is 1.82 bits per heavy atom. The van der Waals surface area contributed by atoms with Crippen LogP contribution in [0.4, 0.5) is 0 Å². The second-order valence-corrected chi connectivity index (χ2v) is 5.62. The van der Waals surface area contributed by atoms with Gasteiger partial charge in [-0.1, -0.05) is 24.3 Å². The van der Waals surface area contributed by atoms with E-state index in [1.165, 1.54) is 30.4 Å². The molecule has 0 amide bonds. The van der Waals surface area contributed by atoms with E-state index in [0.29, 0.717) is 5.92 Å². The number of nitrogens with one attached hydrogen (secondary N) is 1. The van der Waals surface area contributed by atoms with Crippen LogP contribution >= 0.6 is 0 Å². The average Bonchev–Trinajstić information content (AvgIpc) is 2.37. The molecule has 1 aromatic carbocycles. The fourth-order valence-corrected chi connectivity index (χ4v) is 3.27. The van der Waals surface area contributed by atoms with Gasteiger partial charge in [0.1, 0.15) is 0 Å². The zero-order chi connectivity index (χ0) is 11.7. The van der Waals surface area contributed by atoms with Crippen LogP contribution < -0.4 is 11.1 Å². The molecule has 3 rings (SSSR count). The van der Waals surface area contributed by atoms with Crippen LogP contribution in [0.1, 0.15) is 49.1 Å². The quantitative estimate of drug-likeness (QED) is 0.819. The Hall–Kier alpha value is -0.860. The fourth-order valence-electron chi connectivity index (χ4n) is 3.27. The van der Waals surface area contributed by atoms with Gasteiger partial charge in [0.05, 0.1) is 0 Å². The monoisotopic (exact) mass is 230 g/mol. The number of rotatable bonds is 2. The Morgan fingerprint density at radius 3 is 2.47 bits per heavy atom. The van der Waals surface area contributed by atoms with Gasteiger partial charge < -0.3 is 11.1 Å². The van der Waals surface area contributed by atoms with Crippen molar-refractivity contribution in [3.05, 3.63) is 35.4 Å². The van der Waals surface area contributed by atoms with Gasteiger partial charge >= 0.3 is 0 Å². The first-order chi connectivity index (χ1) is 8.30. The van der Waals surface area contributed by atoms with Gasteiger partial charge in [-0.05, 0) is 62.2 Å². The predicted octanol–water partition coefficient (Wildman–Crippen LogP) is 2.49. The minimum absolute atomic E-state index is 0.0124. The molecule has 17 heavy (non-hydrogen) atoms. The third kappa shape index (κ3) is 2.00. The van der Waals surface area contributed by atoms with Crippen molar-refractivity contribution in [2.24, 2.45) is 5.73 Å². The molecule has 0 atom stereocenters. The van der Waals surface area contributed by atoms with Crippen molar-refractivity contribution in [3.63, 3.8) is 0 Å². The van der Waals surface area contributed by atoms with Crippen LogP contribution in [0.5, 0.6) is 0 Å². The van der Waals surface area contributed by atoms with Gasteiger partial charge in [-0.25, -0.2) is 0 Å². The van der Waals surface area contributed by atoms with Crippen LogP contribution in [0.15, 0.2) is 24.3 Å². The lowest BCUT2D eigenvalue weighted by Gasteiger charge is -2.41. The van der Waals surface area contributed by atoms with E-state index in [-0.39, 0.29) is 5.54 Å². The molecule has 2 fully saturated rings. The highest BCUT2D eigenvalue weighted by Crippen LogP contribution is 2.42. The molecule has 0 unspecified atom stereocenters. The number of nitrogens with two attached hydrogens (primary N) is 1. The summed E-state index contributed by atoms with van der Waals surface area (Å²) in [4.78, 5) is 0. The maximum Gasteiger partial charge on any atom is 0.0412 e. The van der Waals surface area contributed by atoms with E-state index in [2.05, 4.69) is 29.6 Å². The Bertz CT molecular complexity index is 390. The zero-order valence-corrected chi connectivity index (χ0v) is 10.4. The van der Waals surface area contributed by atoms with Gasteiger partial charge in [0, 0.05) is 5.54 Å². The Morgan fingerprint density at radius 1 is 1.12 bits per heavy atom. The summed E-state index contributed by atoms with van der Waals surface area (Å²) in [6, 6.07) is 8.88. The molecule has 1 aliphatic heterocycles. The van der Waals surface area contributed by atoms with Crippen molar-refractivity contribution in [1.29, 1.82) is 0 Å². The van der Waals surface area contributed by atoms with Gasteiger partial charge in [0.15, 0.2) is 0 Å². The lowest BCUT2D eigenvalue weighted by atomic mass is 9.69. The lowest BCUT2D eigenvalue weighted by Crippen LogP contribution is -2.44. The van der Waals surface area contributed by atoms with E-state index in [9.17, 15) is 0 Å². The molecular weight excluding hydrogens is 208 g/mol. The molecule has 1 aliphatic carbocycles. The van der Waals surface area contributed by atoms with Gasteiger partial charge in [-0.15, -0.1) is 0 Å². The molecule has 1 saturated carbocycles. The van der Waals surface area contributed by atoms with E-state index in [1.54, 1.807) is 0 Å². The molecule has 1 saturated heterocycles. The van der Waals surface area contributed by atoms with Gasteiger partial charge in [-0.3, -0.25) is 0 Å². The zero-order valence-electron chi connectivity index (χ0n) is 10.4. The van der Waals surface area contributed by atoms with Crippen LogP contribution in [0.2, 0.25) is 0 Å². The summed E-state index contributed by atoms with van der Waals surface area (Å²) in [5, 5.41) is 3.44. The maximum atomic E-state index is 6.52. The molecule has 2 aliphatic rings. The maximum absolute atomic E-state index is 6.52. The smallest absolute Gasteiger partial charge is 0.0412 e. The van der Waals surface area contributed by atoms with E-state index in [1.807, 2.05) is 0 Å². The van der Waals surface area contributed by atoms with E-state index in [0.717, 1.165) is 25.9 Å². The molecule has 3 N–H and O–H groups in total. The molecule has 92 valence electrons. The Balaban J connectivity index is 1.92. The summed E-state index contributed by atoms with van der Waals surface area (Å²) in [5.74, 6) is 0.716. The largest absolute Gasteiger partial charge is 0.321 e. The SMILES string of the molecule is NC1(c2ccccc2C2CCNCC2)CCC1. The van der Waals surface area contributed by atoms with Crippen molar-refractivity contribution < 1.29 is 0 Å². The van der Waals surface area contributed by atoms with E-state index in [4.69, 9.17) is 5.73 Å². The molecule has 2 heteroatoms. The molecule has 1 aromatic rings. The summed E-state index contributed by atoms with van der Waals surface area (Å²) < 4.78 is 0. The van der Waals surface area contributed by atoms with Gasteiger partial charge in [0.25, 0.3) is 0 Å². The van der Waals surface area contributed by atoms with E-state index < -0.39 is 0 Å². The summed E-state index contributed by atoms with van der Waals surface area (Å²) in [5.41, 5.74) is 9.46. The minimum Gasteiger partial charge on any atom is -0.321 e. The molecule has 0 spiro atoms. The first-order valence-electron chi connectivity index (χ1n) is 6.89. The first-order valence-corrected chi connectivity index (χ1v) is 6.89. The van der Waals surface area contributed by atoms with Gasteiger partial charge in [0.2, 0.25) is 0 Å². The molecule has 0 bridgehead atoms. The predicted molar refractivity (Wildman–Crippen MR) is 71.0 cm³/mol. The molecule has 1 heterocycles. The second-order valence-electron chi connectivity index (χ2n) is 5.62. The number of benzene rings is 1. The highest BCUT2D eigenvalue weighted by molar-refractivity contribution is 5.37. The van der Waals surface area contributed by atoms with Crippen molar-refractivity contribution >= 4 is 0 Å². The average molecular weight is 230 g/mol. The van der Waals surface area contributed by atoms with Crippen LogP contribution in [-0.2, 0) is 5.54 Å². The second kappa shape index (κ2) is 4.43. The summed E-state index contributed by atoms with van der Waals surface area (Å²) in [6.07, 6.45) is 6.13. The summed E-state index contributed by atoms with van der Waals surface area (Å²) in [7, 11) is 0. The van der Waals surface area contributed by atoms with Crippen molar-refractivity contribution in [3.8, 4) is 0 Å². The standard InChI is InChI=1S/C15H22N2/c16-15(8-3-9-15)14-5-2-1-4-13(14)12-6-10-17-11-7-12/h1-2,4-5,12,17H,3,6-11,16H2. The van der Waals surface area contributed by atoms with E-state index >= 15 is 0 Å². The minimum atomic E-state index is -0.0124. The molecular formula is C15H22N2. The van der Waals surface area contributed by atoms with Crippen molar-refractivity contribution in [2.75, 3.05) is 13.1 Å². The topological polar surface area (TPSA) is 38.0 Å². The number of hydrogen-bond acceptors (Lipinski definition) is 2. The molecule has 0 radical (unpaired) electrons. The summed E-state index contributed by atoms with van der Waals surface area (Å²) in [6.45, 7) is 2.30. The van der Waals surface area contributed by atoms with Crippen LogP contribution in [0.25, 0.3) is 0 Å². The highest BCUT2D eigenvalue weighted by atomic mass is 14.9. The van der Waals surface area contributed by atoms with Gasteiger partial charge in [-0.2, -0.15) is 0 Å². The Labute approximate surface area is 104 Å². The summed E-state index contributed by atoms with van der Waals surface area (Å²) >= 11 is 0. The van der Waals surface area contributed by atoms with Crippen LogP contribution in [0.3, 0.4) is 0 Å². The number of hydrogen-bond donors (Lipinski definition) is 2. The fraction of sp³-hybridized carbons (Fsp3) is 0.600.